The molecule has 0 aliphatic heterocycles. The fraction of sp³-hybridized carbons (Fsp3) is 0.750. The van der Waals surface area contributed by atoms with Crippen LogP contribution in [0.5, 0.6) is 0 Å². The summed E-state index contributed by atoms with van der Waals surface area (Å²) in [5.41, 5.74) is 0. The predicted octanol–water partition coefficient (Wildman–Crippen LogP) is 0.263. The molecule has 110 valence electrons. The Bertz CT molecular complexity index is 331. The van der Waals surface area contributed by atoms with Gasteiger partial charge in [-0.25, -0.2) is 9.59 Å². The molecule has 7 nitrogen and oxygen atoms in total. The first-order valence-electron chi connectivity index (χ1n) is 6.29. The van der Waals surface area contributed by atoms with Gasteiger partial charge in [0.05, 0.1) is 0 Å². The number of nitrogens with one attached hydrogen (secondary N) is 2. The molecule has 0 aromatic heterocycles. The summed E-state index contributed by atoms with van der Waals surface area (Å²) in [6.07, 6.45) is 0.343. The van der Waals surface area contributed by atoms with Crippen molar-refractivity contribution in [3.8, 4) is 0 Å². The van der Waals surface area contributed by atoms with Gasteiger partial charge >= 0.3 is 12.0 Å². The Morgan fingerprint density at radius 1 is 1.26 bits per heavy atom. The fourth-order valence-corrected chi connectivity index (χ4v) is 1.49. The first kappa shape index (κ1) is 17.2. The van der Waals surface area contributed by atoms with Gasteiger partial charge in [0.1, 0.15) is 12.6 Å². The highest BCUT2D eigenvalue weighted by Gasteiger charge is 2.23. The minimum atomic E-state index is -1.08. The lowest BCUT2D eigenvalue weighted by Gasteiger charge is -2.21. The zero-order chi connectivity index (χ0) is 15.0. The Balaban J connectivity index is 4.39. The van der Waals surface area contributed by atoms with Crippen LogP contribution in [-0.2, 0) is 9.59 Å². The molecule has 0 unspecified atom stereocenters. The lowest BCUT2D eigenvalue weighted by molar-refractivity contribution is -0.139. The van der Waals surface area contributed by atoms with Crippen LogP contribution in [0.2, 0.25) is 0 Å². The summed E-state index contributed by atoms with van der Waals surface area (Å²) in [5.74, 6) is -1.21. The highest BCUT2D eigenvalue weighted by Crippen LogP contribution is 2.05. The summed E-state index contributed by atoms with van der Waals surface area (Å²) in [7, 11) is 1.44. The van der Waals surface area contributed by atoms with E-state index in [1.54, 1.807) is 6.92 Å². The number of carbonyl (C=O) groups is 3. The third-order valence-electron chi connectivity index (χ3n) is 2.40. The number of rotatable bonds is 7. The molecule has 0 aliphatic carbocycles. The summed E-state index contributed by atoms with van der Waals surface area (Å²) in [6, 6.07) is -1.51. The van der Waals surface area contributed by atoms with Gasteiger partial charge in [0.15, 0.2) is 0 Å². The highest BCUT2D eigenvalue weighted by molar-refractivity contribution is 5.86. The Hall–Kier alpha value is -1.79. The van der Waals surface area contributed by atoms with Crippen molar-refractivity contribution in [2.75, 3.05) is 20.1 Å². The van der Waals surface area contributed by atoms with Crippen LogP contribution in [0.15, 0.2) is 0 Å². The molecule has 0 rings (SSSR count). The number of carbonyl (C=O) groups excluding carboxylic acids is 2. The second kappa shape index (κ2) is 8.34. The van der Waals surface area contributed by atoms with Crippen molar-refractivity contribution in [1.82, 2.24) is 15.5 Å². The van der Waals surface area contributed by atoms with E-state index >= 15 is 0 Å². The predicted molar refractivity (Wildman–Crippen MR) is 70.7 cm³/mol. The van der Waals surface area contributed by atoms with E-state index in [0.29, 0.717) is 13.0 Å². The molecule has 7 heteroatoms. The standard InChI is InChI=1S/C12H23N3O4/c1-5-13-10(16)7-15(4)12(19)14-9(11(17)18)6-8(2)3/h8-9H,5-7H2,1-4H3,(H,13,16)(H,14,19)(H,17,18)/t9-/m0/s1. The van der Waals surface area contributed by atoms with Crippen molar-refractivity contribution in [2.45, 2.75) is 33.2 Å². The van der Waals surface area contributed by atoms with Gasteiger partial charge in [0.25, 0.3) is 0 Å². The lowest BCUT2D eigenvalue weighted by Crippen LogP contribution is -2.49. The molecule has 0 aromatic rings. The van der Waals surface area contributed by atoms with E-state index in [4.69, 9.17) is 5.11 Å². The molecule has 19 heavy (non-hydrogen) atoms. The molecule has 1 atom stereocenters. The largest absolute Gasteiger partial charge is 0.480 e. The van der Waals surface area contributed by atoms with Gasteiger partial charge in [-0.15, -0.1) is 0 Å². The van der Waals surface area contributed by atoms with Crippen LogP contribution in [0.1, 0.15) is 27.2 Å². The Labute approximate surface area is 113 Å². The number of hydrogen-bond acceptors (Lipinski definition) is 3. The van der Waals surface area contributed by atoms with Gasteiger partial charge in [-0.1, -0.05) is 13.8 Å². The van der Waals surface area contributed by atoms with Crippen LogP contribution in [0, 0.1) is 5.92 Å². The smallest absolute Gasteiger partial charge is 0.326 e. The van der Waals surface area contributed by atoms with Gasteiger partial charge in [-0.3, -0.25) is 4.79 Å². The van der Waals surface area contributed by atoms with Crippen molar-refractivity contribution in [3.05, 3.63) is 0 Å². The molecule has 0 aliphatic rings. The summed E-state index contributed by atoms with van der Waals surface area (Å²) in [4.78, 5) is 35.2. The fourth-order valence-electron chi connectivity index (χ4n) is 1.49. The molecular formula is C12H23N3O4. The van der Waals surface area contributed by atoms with Crippen LogP contribution >= 0.6 is 0 Å². The number of amides is 3. The van der Waals surface area contributed by atoms with Gasteiger partial charge in [0.2, 0.25) is 5.91 Å². The average molecular weight is 273 g/mol. The van der Waals surface area contributed by atoms with Crippen molar-refractivity contribution in [3.63, 3.8) is 0 Å². The van der Waals surface area contributed by atoms with Gasteiger partial charge in [0, 0.05) is 13.6 Å². The molecule has 0 radical (unpaired) electrons. The number of carboxylic acids is 1. The monoisotopic (exact) mass is 273 g/mol. The molecule has 3 N–H and O–H groups in total. The quantitative estimate of drug-likeness (QED) is 0.619. The minimum Gasteiger partial charge on any atom is -0.480 e. The van der Waals surface area contributed by atoms with E-state index in [0.717, 1.165) is 4.90 Å². The van der Waals surface area contributed by atoms with Crippen LogP contribution in [0.25, 0.3) is 0 Å². The Morgan fingerprint density at radius 3 is 2.26 bits per heavy atom. The van der Waals surface area contributed by atoms with Gasteiger partial charge in [-0.2, -0.15) is 0 Å². The molecule has 0 bridgehead atoms. The van der Waals surface area contributed by atoms with Gasteiger partial charge in [-0.05, 0) is 19.3 Å². The molecular weight excluding hydrogens is 250 g/mol. The van der Waals surface area contributed by atoms with Crippen molar-refractivity contribution in [1.29, 1.82) is 0 Å². The Kier molecular flexibility index (Phi) is 7.55. The van der Waals surface area contributed by atoms with Crippen LogP contribution in [0.3, 0.4) is 0 Å². The van der Waals surface area contributed by atoms with Crippen LogP contribution in [-0.4, -0.2) is 54.1 Å². The van der Waals surface area contributed by atoms with E-state index in [1.807, 2.05) is 13.8 Å². The third kappa shape index (κ3) is 7.28. The zero-order valence-electron chi connectivity index (χ0n) is 11.9. The molecule has 0 saturated carbocycles. The summed E-state index contributed by atoms with van der Waals surface area (Å²) >= 11 is 0. The maximum atomic E-state index is 11.8. The molecule has 0 spiro atoms. The summed E-state index contributed by atoms with van der Waals surface area (Å²) in [6.45, 7) is 5.91. The summed E-state index contributed by atoms with van der Waals surface area (Å²) < 4.78 is 0. The van der Waals surface area contributed by atoms with E-state index in [-0.39, 0.29) is 18.4 Å². The van der Waals surface area contributed by atoms with Crippen molar-refractivity contribution in [2.24, 2.45) is 5.92 Å². The van der Waals surface area contributed by atoms with Crippen LogP contribution in [0.4, 0.5) is 4.79 Å². The number of urea groups is 1. The second-order valence-corrected chi connectivity index (χ2v) is 4.78. The maximum absolute atomic E-state index is 11.8. The summed E-state index contributed by atoms with van der Waals surface area (Å²) in [5, 5.41) is 14.0. The molecule has 0 aromatic carbocycles. The van der Waals surface area contributed by atoms with E-state index in [2.05, 4.69) is 10.6 Å². The topological polar surface area (TPSA) is 98.7 Å². The normalized spacial score (nSPS) is 11.8. The van der Waals surface area contributed by atoms with Crippen molar-refractivity contribution < 1.29 is 19.5 Å². The second-order valence-electron chi connectivity index (χ2n) is 4.78. The zero-order valence-corrected chi connectivity index (χ0v) is 11.9. The molecule has 0 saturated heterocycles. The van der Waals surface area contributed by atoms with E-state index in [1.165, 1.54) is 7.05 Å². The van der Waals surface area contributed by atoms with Crippen molar-refractivity contribution >= 4 is 17.9 Å². The third-order valence-corrected chi connectivity index (χ3v) is 2.40. The lowest BCUT2D eigenvalue weighted by atomic mass is 10.0. The minimum absolute atomic E-state index is 0.103. The number of nitrogens with zero attached hydrogens (tertiary/aromatic N) is 1. The molecule has 0 heterocycles. The Morgan fingerprint density at radius 2 is 1.84 bits per heavy atom. The maximum Gasteiger partial charge on any atom is 0.326 e. The molecule has 0 fully saturated rings. The number of carboxylic acid groups (broad SMARTS) is 1. The van der Waals surface area contributed by atoms with Gasteiger partial charge < -0.3 is 20.6 Å². The van der Waals surface area contributed by atoms with E-state index in [9.17, 15) is 14.4 Å². The number of aliphatic carboxylic acids is 1. The van der Waals surface area contributed by atoms with Crippen LogP contribution < -0.4 is 10.6 Å². The number of likely N-dealkylation sites (N-methyl/N-ethyl adjacent to an activating group) is 2. The van der Waals surface area contributed by atoms with E-state index < -0.39 is 18.0 Å². The number of hydrogen-bond donors (Lipinski definition) is 3. The SMILES string of the molecule is CCNC(=O)CN(C)C(=O)N[C@@H](CC(C)C)C(=O)O. The molecule has 3 amide bonds. The highest BCUT2D eigenvalue weighted by atomic mass is 16.4. The average Bonchev–Trinajstić information content (AvgIpc) is 2.27. The first-order chi connectivity index (χ1) is 8.77. The first-order valence-corrected chi connectivity index (χ1v) is 6.29.